The molecule has 0 aliphatic rings. The molecule has 0 fully saturated rings. The van der Waals surface area contributed by atoms with Gasteiger partial charge in [0, 0.05) is 12.0 Å². The maximum absolute atomic E-state index is 10.2. The van der Waals surface area contributed by atoms with Gasteiger partial charge in [0.15, 0.2) is 0 Å². The second-order valence-electron chi connectivity index (χ2n) is 3.20. The van der Waals surface area contributed by atoms with Gasteiger partial charge in [-0.2, -0.15) is 0 Å². The molecule has 1 rings (SSSR count). The van der Waals surface area contributed by atoms with Crippen molar-refractivity contribution in [3.63, 3.8) is 0 Å². The van der Waals surface area contributed by atoms with Crippen molar-refractivity contribution in [2.45, 2.75) is 19.3 Å². The highest BCUT2D eigenvalue weighted by molar-refractivity contribution is 5.50. The molecule has 1 aromatic rings. The molecule has 0 saturated heterocycles. The van der Waals surface area contributed by atoms with Crippen LogP contribution in [-0.2, 0) is 11.2 Å². The number of aldehydes is 1. The van der Waals surface area contributed by atoms with E-state index >= 15 is 0 Å². The first-order valence-electron chi connectivity index (χ1n) is 4.97. The molecule has 0 spiro atoms. The Balaban J connectivity index is 2.84. The van der Waals surface area contributed by atoms with Gasteiger partial charge in [-0.05, 0) is 25.0 Å². The number of hydrogen-bond donors (Lipinski definition) is 0. The van der Waals surface area contributed by atoms with Crippen LogP contribution in [0.5, 0.6) is 11.5 Å². The largest absolute Gasteiger partial charge is 0.496 e. The molecule has 0 heterocycles. The number of benzene rings is 1. The van der Waals surface area contributed by atoms with E-state index in [1.807, 2.05) is 18.2 Å². The van der Waals surface area contributed by atoms with Crippen LogP contribution in [-0.4, -0.2) is 20.5 Å². The van der Waals surface area contributed by atoms with Crippen molar-refractivity contribution in [1.29, 1.82) is 0 Å². The van der Waals surface area contributed by atoms with Crippen molar-refractivity contribution < 1.29 is 14.3 Å². The van der Waals surface area contributed by atoms with Crippen molar-refractivity contribution in [1.82, 2.24) is 0 Å². The average Bonchev–Trinajstić information content (AvgIpc) is 2.29. The molecule has 1 aromatic carbocycles. The van der Waals surface area contributed by atoms with Gasteiger partial charge in [-0.3, -0.25) is 0 Å². The maximum Gasteiger partial charge on any atom is 0.125 e. The second kappa shape index (κ2) is 6.06. The van der Waals surface area contributed by atoms with E-state index < -0.39 is 0 Å². The van der Waals surface area contributed by atoms with E-state index in [9.17, 15) is 4.79 Å². The molecule has 3 nitrogen and oxygen atoms in total. The fourth-order valence-corrected chi connectivity index (χ4v) is 1.54. The summed E-state index contributed by atoms with van der Waals surface area (Å²) in [5.74, 6) is 1.64. The van der Waals surface area contributed by atoms with E-state index in [4.69, 9.17) is 9.47 Å². The van der Waals surface area contributed by atoms with E-state index in [1.165, 1.54) is 0 Å². The average molecular weight is 208 g/mol. The number of hydrogen-bond acceptors (Lipinski definition) is 3. The summed E-state index contributed by atoms with van der Waals surface area (Å²) in [4.78, 5) is 10.2. The van der Waals surface area contributed by atoms with Crippen LogP contribution in [0, 0.1) is 0 Å². The normalized spacial score (nSPS) is 9.73. The Labute approximate surface area is 90.0 Å². The smallest absolute Gasteiger partial charge is 0.125 e. The van der Waals surface area contributed by atoms with Crippen LogP contribution in [0.3, 0.4) is 0 Å². The molecule has 0 radical (unpaired) electrons. The van der Waals surface area contributed by atoms with Crippen LogP contribution in [0.2, 0.25) is 0 Å². The fourth-order valence-electron chi connectivity index (χ4n) is 1.54. The number of unbranched alkanes of at least 4 members (excludes halogenated alkanes) is 1. The number of carbonyl (C=O) groups is 1. The van der Waals surface area contributed by atoms with E-state index in [0.29, 0.717) is 6.42 Å². The Hall–Kier alpha value is -1.51. The standard InChI is InChI=1S/C12H16O3/c1-14-11-7-5-8-12(15-2)10(11)6-3-4-9-13/h5,7-9H,3-4,6H2,1-2H3. The van der Waals surface area contributed by atoms with Gasteiger partial charge in [0.2, 0.25) is 0 Å². The molecule has 0 bridgehead atoms. The molecule has 0 unspecified atom stereocenters. The summed E-state index contributed by atoms with van der Waals surface area (Å²) in [6.07, 6.45) is 3.12. The highest BCUT2D eigenvalue weighted by Crippen LogP contribution is 2.29. The SMILES string of the molecule is COc1cccc(OC)c1CCCC=O. The summed E-state index contributed by atoms with van der Waals surface area (Å²) in [5, 5.41) is 0. The third-order valence-corrected chi connectivity index (χ3v) is 2.28. The Bertz CT molecular complexity index is 298. The van der Waals surface area contributed by atoms with Crippen molar-refractivity contribution in [3.05, 3.63) is 23.8 Å². The zero-order chi connectivity index (χ0) is 11.1. The molecular formula is C12H16O3. The van der Waals surface area contributed by atoms with E-state index in [0.717, 1.165) is 36.2 Å². The molecule has 0 aromatic heterocycles. The lowest BCUT2D eigenvalue weighted by Gasteiger charge is -2.12. The van der Waals surface area contributed by atoms with Gasteiger partial charge in [0.05, 0.1) is 14.2 Å². The highest BCUT2D eigenvalue weighted by atomic mass is 16.5. The van der Waals surface area contributed by atoms with Gasteiger partial charge in [-0.1, -0.05) is 6.07 Å². The number of rotatable bonds is 6. The Morgan fingerprint density at radius 2 is 1.80 bits per heavy atom. The molecule has 0 aliphatic carbocycles. The van der Waals surface area contributed by atoms with E-state index in [1.54, 1.807) is 14.2 Å². The molecular weight excluding hydrogens is 192 g/mol. The van der Waals surface area contributed by atoms with Crippen molar-refractivity contribution in [2.24, 2.45) is 0 Å². The summed E-state index contributed by atoms with van der Waals surface area (Å²) in [6, 6.07) is 5.69. The first-order chi connectivity index (χ1) is 7.33. The van der Waals surface area contributed by atoms with Gasteiger partial charge in [-0.15, -0.1) is 0 Å². The topological polar surface area (TPSA) is 35.5 Å². The molecule has 15 heavy (non-hydrogen) atoms. The van der Waals surface area contributed by atoms with E-state index in [-0.39, 0.29) is 0 Å². The van der Waals surface area contributed by atoms with Crippen molar-refractivity contribution in [3.8, 4) is 11.5 Å². The predicted octanol–water partition coefficient (Wildman–Crippen LogP) is 2.23. The lowest BCUT2D eigenvalue weighted by atomic mass is 10.1. The zero-order valence-corrected chi connectivity index (χ0v) is 9.16. The summed E-state index contributed by atoms with van der Waals surface area (Å²) >= 11 is 0. The van der Waals surface area contributed by atoms with Gasteiger partial charge in [-0.25, -0.2) is 0 Å². The molecule has 82 valence electrons. The predicted molar refractivity (Wildman–Crippen MR) is 58.5 cm³/mol. The summed E-state index contributed by atoms with van der Waals surface area (Å²) in [6.45, 7) is 0. The molecule has 0 N–H and O–H groups in total. The molecule has 0 aliphatic heterocycles. The van der Waals surface area contributed by atoms with Crippen LogP contribution < -0.4 is 9.47 Å². The monoisotopic (exact) mass is 208 g/mol. The Morgan fingerprint density at radius 1 is 1.20 bits per heavy atom. The van der Waals surface area contributed by atoms with Crippen LogP contribution in [0.15, 0.2) is 18.2 Å². The molecule has 0 atom stereocenters. The van der Waals surface area contributed by atoms with Crippen LogP contribution >= 0.6 is 0 Å². The summed E-state index contributed by atoms with van der Waals surface area (Å²) < 4.78 is 10.5. The Kier molecular flexibility index (Phi) is 4.68. The number of methoxy groups -OCH3 is 2. The third-order valence-electron chi connectivity index (χ3n) is 2.28. The lowest BCUT2D eigenvalue weighted by molar-refractivity contribution is -0.107. The first kappa shape index (κ1) is 11.6. The molecule has 3 heteroatoms. The van der Waals surface area contributed by atoms with Gasteiger partial charge < -0.3 is 14.3 Å². The maximum atomic E-state index is 10.2. The van der Waals surface area contributed by atoms with Crippen LogP contribution in [0.4, 0.5) is 0 Å². The minimum absolute atomic E-state index is 0.571. The zero-order valence-electron chi connectivity index (χ0n) is 9.16. The lowest BCUT2D eigenvalue weighted by Crippen LogP contribution is -1.97. The highest BCUT2D eigenvalue weighted by Gasteiger charge is 2.08. The number of carbonyl (C=O) groups excluding carboxylic acids is 1. The van der Waals surface area contributed by atoms with Crippen molar-refractivity contribution >= 4 is 6.29 Å². The molecule has 0 saturated carbocycles. The minimum atomic E-state index is 0.571. The minimum Gasteiger partial charge on any atom is -0.496 e. The van der Waals surface area contributed by atoms with Gasteiger partial charge in [0.25, 0.3) is 0 Å². The first-order valence-corrected chi connectivity index (χ1v) is 4.97. The summed E-state index contributed by atoms with van der Waals surface area (Å²) in [5.41, 5.74) is 1.03. The third kappa shape index (κ3) is 2.98. The fraction of sp³-hybridized carbons (Fsp3) is 0.417. The number of ether oxygens (including phenoxy) is 2. The Morgan fingerprint density at radius 3 is 2.27 bits per heavy atom. The van der Waals surface area contributed by atoms with Crippen LogP contribution in [0.25, 0.3) is 0 Å². The van der Waals surface area contributed by atoms with E-state index in [2.05, 4.69) is 0 Å². The molecule has 0 amide bonds. The van der Waals surface area contributed by atoms with Crippen LogP contribution in [0.1, 0.15) is 18.4 Å². The quantitative estimate of drug-likeness (QED) is 0.531. The van der Waals surface area contributed by atoms with Gasteiger partial charge >= 0.3 is 0 Å². The van der Waals surface area contributed by atoms with Crippen molar-refractivity contribution in [2.75, 3.05) is 14.2 Å². The summed E-state index contributed by atoms with van der Waals surface area (Å²) in [7, 11) is 3.27. The second-order valence-corrected chi connectivity index (χ2v) is 3.20. The van der Waals surface area contributed by atoms with Gasteiger partial charge in [0.1, 0.15) is 17.8 Å².